The van der Waals surface area contributed by atoms with E-state index >= 15 is 0 Å². The van der Waals surface area contributed by atoms with E-state index < -0.39 is 0 Å². The number of aliphatic hydroxyl groups is 1. The van der Waals surface area contributed by atoms with E-state index in [2.05, 4.69) is 21.2 Å². The second-order valence-corrected chi connectivity index (χ2v) is 5.05. The van der Waals surface area contributed by atoms with Crippen molar-refractivity contribution in [3.8, 4) is 5.75 Å². The smallest absolute Gasteiger partial charge is 0.137 e. The molecular weight excluding hydrogens is 325 g/mol. The van der Waals surface area contributed by atoms with E-state index in [0.29, 0.717) is 16.8 Å². The molecule has 0 amide bonds. The van der Waals surface area contributed by atoms with Gasteiger partial charge in [0.05, 0.1) is 11.1 Å². The molecule has 0 saturated heterocycles. The predicted molar refractivity (Wildman–Crippen MR) is 80.4 cm³/mol. The van der Waals surface area contributed by atoms with Gasteiger partial charge in [-0.1, -0.05) is 6.07 Å². The predicted octanol–water partition coefficient (Wildman–Crippen LogP) is 3.57. The third kappa shape index (κ3) is 4.21. The molecule has 106 valence electrons. The lowest BCUT2D eigenvalue weighted by Crippen LogP contribution is -2.02. The topological polar surface area (TPSA) is 41.5 Å². The highest BCUT2D eigenvalue weighted by Gasteiger charge is 2.01. The van der Waals surface area contributed by atoms with Gasteiger partial charge in [-0.15, -0.1) is 0 Å². The standard InChI is InChI=1S/C15H15BrFNO2/c16-14-9-11(1-6-15(14)17)10-18-12-2-4-13(5-3-12)20-8-7-19/h1-6,9,18-19H,7-8,10H2. The van der Waals surface area contributed by atoms with Crippen molar-refractivity contribution in [3.05, 3.63) is 58.3 Å². The molecule has 0 aliphatic rings. The molecule has 20 heavy (non-hydrogen) atoms. The lowest BCUT2D eigenvalue weighted by molar-refractivity contribution is 0.201. The average Bonchev–Trinajstić information content (AvgIpc) is 2.47. The summed E-state index contributed by atoms with van der Waals surface area (Å²) < 4.78 is 18.8. The summed E-state index contributed by atoms with van der Waals surface area (Å²) in [5, 5.41) is 11.9. The summed E-state index contributed by atoms with van der Waals surface area (Å²) in [7, 11) is 0. The maximum atomic E-state index is 13.1. The fraction of sp³-hybridized carbons (Fsp3) is 0.200. The van der Waals surface area contributed by atoms with Gasteiger partial charge in [0.25, 0.3) is 0 Å². The largest absolute Gasteiger partial charge is 0.491 e. The first-order valence-corrected chi connectivity index (χ1v) is 7.00. The average molecular weight is 340 g/mol. The minimum Gasteiger partial charge on any atom is -0.491 e. The highest BCUT2D eigenvalue weighted by Crippen LogP contribution is 2.19. The van der Waals surface area contributed by atoms with Gasteiger partial charge in [-0.3, -0.25) is 0 Å². The van der Waals surface area contributed by atoms with Crippen LogP contribution in [-0.2, 0) is 6.54 Å². The van der Waals surface area contributed by atoms with Crippen molar-refractivity contribution in [1.82, 2.24) is 0 Å². The van der Waals surface area contributed by atoms with E-state index in [9.17, 15) is 4.39 Å². The lowest BCUT2D eigenvalue weighted by Gasteiger charge is -2.09. The Kier molecular flexibility index (Phi) is 5.38. The number of ether oxygens (including phenoxy) is 1. The highest BCUT2D eigenvalue weighted by atomic mass is 79.9. The van der Waals surface area contributed by atoms with Gasteiger partial charge in [0.1, 0.15) is 18.2 Å². The molecule has 2 aromatic rings. The van der Waals surface area contributed by atoms with Gasteiger partial charge >= 0.3 is 0 Å². The number of aliphatic hydroxyl groups excluding tert-OH is 1. The van der Waals surface area contributed by atoms with Crippen molar-refractivity contribution in [2.45, 2.75) is 6.54 Å². The Morgan fingerprint density at radius 3 is 2.55 bits per heavy atom. The zero-order chi connectivity index (χ0) is 14.4. The summed E-state index contributed by atoms with van der Waals surface area (Å²) in [6.45, 7) is 0.894. The normalized spacial score (nSPS) is 10.3. The number of anilines is 1. The minimum absolute atomic E-state index is 0.000550. The molecule has 0 radical (unpaired) electrons. The molecule has 5 heteroatoms. The van der Waals surface area contributed by atoms with Gasteiger partial charge in [-0.25, -0.2) is 4.39 Å². The first-order chi connectivity index (χ1) is 9.69. The van der Waals surface area contributed by atoms with Gasteiger partial charge < -0.3 is 15.2 Å². The SMILES string of the molecule is OCCOc1ccc(NCc2ccc(F)c(Br)c2)cc1. The fourth-order valence-electron chi connectivity index (χ4n) is 1.69. The third-order valence-electron chi connectivity index (χ3n) is 2.69. The maximum Gasteiger partial charge on any atom is 0.137 e. The fourth-order valence-corrected chi connectivity index (χ4v) is 2.11. The van der Waals surface area contributed by atoms with Crippen LogP contribution in [0.4, 0.5) is 10.1 Å². The summed E-state index contributed by atoms with van der Waals surface area (Å²) in [5.74, 6) is 0.452. The van der Waals surface area contributed by atoms with Crippen LogP contribution in [0.3, 0.4) is 0 Å². The van der Waals surface area contributed by atoms with Gasteiger partial charge in [0.2, 0.25) is 0 Å². The van der Waals surface area contributed by atoms with E-state index in [4.69, 9.17) is 9.84 Å². The first-order valence-electron chi connectivity index (χ1n) is 6.20. The van der Waals surface area contributed by atoms with Gasteiger partial charge in [0, 0.05) is 12.2 Å². The molecule has 0 bridgehead atoms. The molecule has 2 N–H and O–H groups in total. The molecule has 0 spiro atoms. The number of benzene rings is 2. The summed E-state index contributed by atoms with van der Waals surface area (Å²) in [6, 6.07) is 12.4. The Labute approximate surface area is 125 Å². The Bertz CT molecular complexity index is 560. The number of hydrogen-bond acceptors (Lipinski definition) is 3. The van der Waals surface area contributed by atoms with E-state index in [1.807, 2.05) is 24.3 Å². The molecule has 0 atom stereocenters. The Balaban J connectivity index is 1.91. The van der Waals surface area contributed by atoms with Crippen LogP contribution in [0, 0.1) is 5.82 Å². The quantitative estimate of drug-likeness (QED) is 0.845. The highest BCUT2D eigenvalue weighted by molar-refractivity contribution is 9.10. The van der Waals surface area contributed by atoms with E-state index in [0.717, 1.165) is 11.3 Å². The van der Waals surface area contributed by atoms with Crippen LogP contribution >= 0.6 is 15.9 Å². The van der Waals surface area contributed by atoms with Crippen LogP contribution in [-0.4, -0.2) is 18.3 Å². The van der Waals surface area contributed by atoms with Crippen molar-refractivity contribution >= 4 is 21.6 Å². The van der Waals surface area contributed by atoms with Crippen LogP contribution in [0.15, 0.2) is 46.9 Å². The summed E-state index contributed by atoms with van der Waals surface area (Å²) in [4.78, 5) is 0. The van der Waals surface area contributed by atoms with Crippen molar-refractivity contribution in [2.24, 2.45) is 0 Å². The van der Waals surface area contributed by atoms with Crippen LogP contribution in [0.2, 0.25) is 0 Å². The maximum absolute atomic E-state index is 13.1. The molecule has 0 saturated carbocycles. The second kappa shape index (κ2) is 7.26. The van der Waals surface area contributed by atoms with Crippen molar-refractivity contribution in [2.75, 3.05) is 18.5 Å². The first kappa shape index (κ1) is 14.8. The molecule has 3 nitrogen and oxygen atoms in total. The number of nitrogens with one attached hydrogen (secondary N) is 1. The Hall–Kier alpha value is -1.59. The second-order valence-electron chi connectivity index (χ2n) is 4.20. The molecule has 2 aromatic carbocycles. The summed E-state index contributed by atoms with van der Waals surface area (Å²) >= 11 is 3.17. The molecule has 0 aliphatic heterocycles. The summed E-state index contributed by atoms with van der Waals surface area (Å²) in [5.41, 5.74) is 1.93. The molecule has 0 heterocycles. The number of rotatable bonds is 6. The summed E-state index contributed by atoms with van der Waals surface area (Å²) in [6.07, 6.45) is 0. The third-order valence-corrected chi connectivity index (χ3v) is 3.30. The van der Waals surface area contributed by atoms with E-state index in [1.54, 1.807) is 12.1 Å². The van der Waals surface area contributed by atoms with Crippen LogP contribution in [0.1, 0.15) is 5.56 Å². The molecule has 0 unspecified atom stereocenters. The number of hydrogen-bond donors (Lipinski definition) is 2. The van der Waals surface area contributed by atoms with Gasteiger partial charge in [-0.2, -0.15) is 0 Å². The van der Waals surface area contributed by atoms with Crippen LogP contribution in [0.25, 0.3) is 0 Å². The van der Waals surface area contributed by atoms with Crippen LogP contribution < -0.4 is 10.1 Å². The molecule has 2 rings (SSSR count). The monoisotopic (exact) mass is 339 g/mol. The Morgan fingerprint density at radius 2 is 1.90 bits per heavy atom. The van der Waals surface area contributed by atoms with E-state index in [-0.39, 0.29) is 19.0 Å². The Morgan fingerprint density at radius 1 is 1.15 bits per heavy atom. The minimum atomic E-state index is -0.265. The van der Waals surface area contributed by atoms with Crippen molar-refractivity contribution in [3.63, 3.8) is 0 Å². The molecule has 0 aliphatic carbocycles. The van der Waals surface area contributed by atoms with Gasteiger partial charge in [-0.05, 0) is 57.9 Å². The molecule has 0 aromatic heterocycles. The number of halogens is 2. The zero-order valence-corrected chi connectivity index (χ0v) is 12.4. The molecular formula is C15H15BrFNO2. The van der Waals surface area contributed by atoms with Crippen molar-refractivity contribution < 1.29 is 14.2 Å². The lowest BCUT2D eigenvalue weighted by atomic mass is 10.2. The van der Waals surface area contributed by atoms with E-state index in [1.165, 1.54) is 6.07 Å². The van der Waals surface area contributed by atoms with Crippen molar-refractivity contribution in [1.29, 1.82) is 0 Å². The van der Waals surface area contributed by atoms with Crippen LogP contribution in [0.5, 0.6) is 5.75 Å². The van der Waals surface area contributed by atoms with Gasteiger partial charge in [0.15, 0.2) is 0 Å². The molecule has 0 fully saturated rings. The zero-order valence-electron chi connectivity index (χ0n) is 10.8.